The Morgan fingerprint density at radius 1 is 1.32 bits per heavy atom. The molecule has 0 aliphatic carbocycles. The standard InChI is InChI=1S/C11H15N7O2S2/c1-7-9(16-20-15-7)18-4-2-17(3-5-18)8(19)6-21-11-14-13-10(12)22-11/h2-6H2,1H3,(H2,12,13). The first-order valence-electron chi connectivity index (χ1n) is 6.67. The number of thioether (sulfide) groups is 1. The summed E-state index contributed by atoms with van der Waals surface area (Å²) in [4.78, 5) is 16.1. The Labute approximate surface area is 134 Å². The molecule has 1 saturated heterocycles. The lowest BCUT2D eigenvalue weighted by atomic mass is 10.3. The van der Waals surface area contributed by atoms with Gasteiger partial charge >= 0.3 is 0 Å². The molecule has 0 bridgehead atoms. The van der Waals surface area contributed by atoms with E-state index in [1.807, 2.05) is 11.8 Å². The van der Waals surface area contributed by atoms with Gasteiger partial charge in [0.15, 0.2) is 10.2 Å². The smallest absolute Gasteiger partial charge is 0.233 e. The molecule has 118 valence electrons. The van der Waals surface area contributed by atoms with Gasteiger partial charge in [0.1, 0.15) is 5.69 Å². The number of hydrogen-bond donors (Lipinski definition) is 1. The second kappa shape index (κ2) is 6.48. The number of nitrogen functional groups attached to an aromatic ring is 1. The van der Waals surface area contributed by atoms with Gasteiger partial charge in [-0.2, -0.15) is 0 Å². The van der Waals surface area contributed by atoms with Gasteiger partial charge in [-0.1, -0.05) is 28.3 Å². The number of carbonyl (C=O) groups excluding carboxylic acids is 1. The zero-order valence-corrected chi connectivity index (χ0v) is 13.6. The number of aromatic nitrogens is 4. The lowest BCUT2D eigenvalue weighted by molar-refractivity contribution is -0.128. The van der Waals surface area contributed by atoms with E-state index in [4.69, 9.17) is 10.4 Å². The molecule has 11 heteroatoms. The average Bonchev–Trinajstić information content (AvgIpc) is 3.13. The fourth-order valence-corrected chi connectivity index (χ4v) is 3.71. The summed E-state index contributed by atoms with van der Waals surface area (Å²) in [6.45, 7) is 4.61. The van der Waals surface area contributed by atoms with Gasteiger partial charge in [-0.15, -0.1) is 10.2 Å². The van der Waals surface area contributed by atoms with Crippen LogP contribution < -0.4 is 10.6 Å². The molecule has 1 fully saturated rings. The highest BCUT2D eigenvalue weighted by Gasteiger charge is 2.24. The molecule has 2 aromatic rings. The Balaban J connectivity index is 1.48. The molecule has 9 nitrogen and oxygen atoms in total. The van der Waals surface area contributed by atoms with E-state index >= 15 is 0 Å². The van der Waals surface area contributed by atoms with Crippen molar-refractivity contribution in [2.75, 3.05) is 42.6 Å². The van der Waals surface area contributed by atoms with E-state index in [1.54, 1.807) is 0 Å². The number of piperazine rings is 1. The third-order valence-corrected chi connectivity index (χ3v) is 5.17. The van der Waals surface area contributed by atoms with Crippen molar-refractivity contribution in [3.8, 4) is 0 Å². The lowest BCUT2D eigenvalue weighted by Gasteiger charge is -2.34. The van der Waals surface area contributed by atoms with E-state index in [9.17, 15) is 4.79 Å². The van der Waals surface area contributed by atoms with Crippen LogP contribution in [0.2, 0.25) is 0 Å². The molecule has 0 radical (unpaired) electrons. The predicted octanol–water partition coefficient (Wildman–Crippen LogP) is 0.253. The van der Waals surface area contributed by atoms with Crippen molar-refractivity contribution >= 4 is 40.0 Å². The molecule has 0 spiro atoms. The normalized spacial score (nSPS) is 15.3. The second-order valence-corrected chi connectivity index (χ2v) is 6.97. The zero-order chi connectivity index (χ0) is 15.5. The summed E-state index contributed by atoms with van der Waals surface area (Å²) in [7, 11) is 0. The number of nitrogens with two attached hydrogens (primary N) is 1. The molecule has 0 saturated carbocycles. The maximum absolute atomic E-state index is 12.2. The van der Waals surface area contributed by atoms with E-state index in [2.05, 4.69) is 25.4 Å². The number of rotatable bonds is 4. The molecule has 22 heavy (non-hydrogen) atoms. The van der Waals surface area contributed by atoms with Crippen molar-refractivity contribution in [3.63, 3.8) is 0 Å². The molecule has 0 atom stereocenters. The van der Waals surface area contributed by atoms with Crippen molar-refractivity contribution < 1.29 is 9.42 Å². The Bertz CT molecular complexity index is 650. The molecule has 1 amide bonds. The van der Waals surface area contributed by atoms with Crippen LogP contribution in [0, 0.1) is 6.92 Å². The number of nitrogens with zero attached hydrogens (tertiary/aromatic N) is 6. The van der Waals surface area contributed by atoms with Gasteiger partial charge < -0.3 is 15.5 Å². The molecule has 2 N–H and O–H groups in total. The molecular weight excluding hydrogens is 326 g/mol. The third-order valence-electron chi connectivity index (χ3n) is 3.30. The van der Waals surface area contributed by atoms with Gasteiger partial charge in [0.25, 0.3) is 0 Å². The number of hydrogen-bond acceptors (Lipinski definition) is 10. The summed E-state index contributed by atoms with van der Waals surface area (Å²) >= 11 is 2.66. The SMILES string of the molecule is Cc1nonc1N1CCN(C(=O)CSc2nnc(N)s2)CC1. The highest BCUT2D eigenvalue weighted by molar-refractivity contribution is 8.01. The van der Waals surface area contributed by atoms with E-state index < -0.39 is 0 Å². The van der Waals surface area contributed by atoms with Crippen molar-refractivity contribution in [3.05, 3.63) is 5.69 Å². The van der Waals surface area contributed by atoms with Crippen LogP contribution in [-0.4, -0.2) is 63.2 Å². The van der Waals surface area contributed by atoms with Crippen LogP contribution in [0.25, 0.3) is 0 Å². The topological polar surface area (TPSA) is 114 Å². The molecule has 3 rings (SSSR count). The average molecular weight is 341 g/mol. The van der Waals surface area contributed by atoms with Gasteiger partial charge in [0, 0.05) is 26.2 Å². The lowest BCUT2D eigenvalue weighted by Crippen LogP contribution is -2.49. The molecule has 1 aliphatic rings. The Kier molecular flexibility index (Phi) is 4.43. The quantitative estimate of drug-likeness (QED) is 0.781. The Hall–Kier alpha value is -1.88. The summed E-state index contributed by atoms with van der Waals surface area (Å²) in [5, 5.41) is 15.7. The molecular formula is C11H15N7O2S2. The van der Waals surface area contributed by atoms with Gasteiger partial charge in [-0.05, 0) is 12.1 Å². The van der Waals surface area contributed by atoms with Crippen LogP contribution in [0.15, 0.2) is 8.97 Å². The van der Waals surface area contributed by atoms with Crippen LogP contribution in [-0.2, 0) is 4.79 Å². The zero-order valence-electron chi connectivity index (χ0n) is 11.9. The van der Waals surface area contributed by atoms with Gasteiger partial charge in [-0.3, -0.25) is 4.79 Å². The highest BCUT2D eigenvalue weighted by atomic mass is 32.2. The van der Waals surface area contributed by atoms with Gasteiger partial charge in [0.2, 0.25) is 11.0 Å². The van der Waals surface area contributed by atoms with E-state index in [1.165, 1.54) is 23.1 Å². The number of carbonyl (C=O) groups is 1. The van der Waals surface area contributed by atoms with Gasteiger partial charge in [0.05, 0.1) is 5.75 Å². The van der Waals surface area contributed by atoms with Crippen molar-refractivity contribution in [1.29, 1.82) is 0 Å². The maximum atomic E-state index is 12.2. The van der Waals surface area contributed by atoms with E-state index in [0.717, 1.165) is 24.6 Å². The van der Waals surface area contributed by atoms with Crippen LogP contribution >= 0.6 is 23.1 Å². The molecule has 2 aromatic heterocycles. The minimum absolute atomic E-state index is 0.0911. The number of amides is 1. The van der Waals surface area contributed by atoms with E-state index in [-0.39, 0.29) is 5.91 Å². The monoisotopic (exact) mass is 341 g/mol. The third kappa shape index (κ3) is 3.30. The summed E-state index contributed by atoms with van der Waals surface area (Å²) in [6, 6.07) is 0. The maximum Gasteiger partial charge on any atom is 0.233 e. The summed E-state index contributed by atoms with van der Waals surface area (Å²) in [5.74, 6) is 1.19. The van der Waals surface area contributed by atoms with Crippen LogP contribution in [0.1, 0.15) is 5.69 Å². The summed E-state index contributed by atoms with van der Waals surface area (Å²) in [6.07, 6.45) is 0. The molecule has 0 unspecified atom stereocenters. The Morgan fingerprint density at radius 3 is 2.68 bits per heavy atom. The van der Waals surface area contributed by atoms with Crippen molar-refractivity contribution in [2.24, 2.45) is 0 Å². The minimum atomic E-state index is 0.0911. The van der Waals surface area contributed by atoms with Crippen molar-refractivity contribution in [2.45, 2.75) is 11.3 Å². The molecule has 0 aromatic carbocycles. The largest absolute Gasteiger partial charge is 0.374 e. The van der Waals surface area contributed by atoms with Crippen molar-refractivity contribution in [1.82, 2.24) is 25.4 Å². The number of aryl methyl sites for hydroxylation is 1. The van der Waals surface area contributed by atoms with Crippen LogP contribution in [0.4, 0.5) is 10.9 Å². The molecule has 3 heterocycles. The Morgan fingerprint density at radius 2 is 2.09 bits per heavy atom. The van der Waals surface area contributed by atoms with Crippen LogP contribution in [0.5, 0.6) is 0 Å². The fraction of sp³-hybridized carbons (Fsp3) is 0.545. The second-order valence-electron chi connectivity index (χ2n) is 4.74. The first-order chi connectivity index (χ1) is 10.6. The number of anilines is 2. The van der Waals surface area contributed by atoms with Gasteiger partial charge in [-0.25, -0.2) is 4.63 Å². The first kappa shape index (κ1) is 15.0. The van der Waals surface area contributed by atoms with E-state index in [0.29, 0.717) is 28.3 Å². The van der Waals surface area contributed by atoms with Crippen LogP contribution in [0.3, 0.4) is 0 Å². The summed E-state index contributed by atoms with van der Waals surface area (Å²) < 4.78 is 5.43. The summed E-state index contributed by atoms with van der Waals surface area (Å²) in [5.41, 5.74) is 6.28. The molecule has 1 aliphatic heterocycles. The highest BCUT2D eigenvalue weighted by Crippen LogP contribution is 2.24. The fourth-order valence-electron chi connectivity index (χ4n) is 2.17. The predicted molar refractivity (Wildman–Crippen MR) is 82.9 cm³/mol. The first-order valence-corrected chi connectivity index (χ1v) is 8.47. The minimum Gasteiger partial charge on any atom is -0.374 e.